The lowest BCUT2D eigenvalue weighted by molar-refractivity contribution is -0.137. The van der Waals surface area contributed by atoms with E-state index in [-0.39, 0.29) is 18.4 Å². The summed E-state index contributed by atoms with van der Waals surface area (Å²) in [5.74, 6) is -0.567. The van der Waals surface area contributed by atoms with E-state index in [2.05, 4.69) is 25.9 Å². The molecule has 0 aromatic carbocycles. The van der Waals surface area contributed by atoms with Gasteiger partial charge >= 0.3 is 5.97 Å². The SMILES string of the molecule is CC(NC(=O)CCCCC(=O)O)c1nn[nH]n1. The van der Waals surface area contributed by atoms with Gasteiger partial charge in [0, 0.05) is 12.8 Å². The molecule has 17 heavy (non-hydrogen) atoms. The molecule has 3 N–H and O–H groups in total. The van der Waals surface area contributed by atoms with Crippen LogP contribution in [-0.2, 0) is 9.59 Å². The van der Waals surface area contributed by atoms with Crippen molar-refractivity contribution in [2.75, 3.05) is 0 Å². The number of carboxylic acid groups (broad SMARTS) is 1. The maximum atomic E-state index is 11.4. The van der Waals surface area contributed by atoms with E-state index in [9.17, 15) is 9.59 Å². The van der Waals surface area contributed by atoms with Crippen molar-refractivity contribution in [3.05, 3.63) is 5.82 Å². The fourth-order valence-electron chi connectivity index (χ4n) is 1.29. The van der Waals surface area contributed by atoms with Crippen molar-refractivity contribution in [2.24, 2.45) is 0 Å². The number of aliphatic carboxylic acids is 1. The molecule has 0 fully saturated rings. The number of hydrogen-bond donors (Lipinski definition) is 3. The Balaban J connectivity index is 2.19. The number of aromatic amines is 1. The zero-order valence-electron chi connectivity index (χ0n) is 9.51. The minimum atomic E-state index is -0.842. The highest BCUT2D eigenvalue weighted by Crippen LogP contribution is 2.05. The first-order valence-electron chi connectivity index (χ1n) is 5.34. The molecule has 1 aromatic rings. The molecular weight excluding hydrogens is 226 g/mol. The van der Waals surface area contributed by atoms with Crippen molar-refractivity contribution in [2.45, 2.75) is 38.6 Å². The number of carbonyl (C=O) groups is 2. The number of carbonyl (C=O) groups excluding carboxylic acids is 1. The van der Waals surface area contributed by atoms with Gasteiger partial charge in [0.2, 0.25) is 5.91 Å². The number of H-pyrrole nitrogens is 1. The highest BCUT2D eigenvalue weighted by atomic mass is 16.4. The third kappa shape index (κ3) is 5.05. The van der Waals surface area contributed by atoms with Gasteiger partial charge in [0.1, 0.15) is 0 Å². The minimum Gasteiger partial charge on any atom is -0.481 e. The maximum absolute atomic E-state index is 11.4. The second-order valence-corrected chi connectivity index (χ2v) is 3.66. The molecule has 0 aliphatic carbocycles. The average Bonchev–Trinajstić information content (AvgIpc) is 2.77. The van der Waals surface area contributed by atoms with Crippen molar-refractivity contribution in [3.8, 4) is 0 Å². The van der Waals surface area contributed by atoms with E-state index in [1.807, 2.05) is 0 Å². The third-order valence-corrected chi connectivity index (χ3v) is 2.17. The highest BCUT2D eigenvalue weighted by Gasteiger charge is 2.12. The number of unbranched alkanes of at least 4 members (excludes halogenated alkanes) is 1. The summed E-state index contributed by atoms with van der Waals surface area (Å²) in [6, 6.07) is -0.305. The molecule has 94 valence electrons. The quantitative estimate of drug-likeness (QED) is 0.579. The van der Waals surface area contributed by atoms with Crippen molar-refractivity contribution in [3.63, 3.8) is 0 Å². The van der Waals surface area contributed by atoms with E-state index in [0.29, 0.717) is 25.1 Å². The van der Waals surface area contributed by atoms with Gasteiger partial charge in [-0.3, -0.25) is 9.59 Å². The van der Waals surface area contributed by atoms with Crippen LogP contribution in [0.25, 0.3) is 0 Å². The molecule has 0 spiro atoms. The largest absolute Gasteiger partial charge is 0.481 e. The summed E-state index contributed by atoms with van der Waals surface area (Å²) in [5.41, 5.74) is 0. The van der Waals surface area contributed by atoms with Gasteiger partial charge in [-0.15, -0.1) is 10.2 Å². The van der Waals surface area contributed by atoms with Crippen molar-refractivity contribution in [1.82, 2.24) is 25.9 Å². The van der Waals surface area contributed by atoms with Crippen LogP contribution in [0.4, 0.5) is 0 Å². The molecule has 1 atom stereocenters. The van der Waals surface area contributed by atoms with Crippen LogP contribution in [0.1, 0.15) is 44.5 Å². The summed E-state index contributed by atoms with van der Waals surface area (Å²) in [4.78, 5) is 21.7. The number of carboxylic acids is 1. The molecule has 8 nitrogen and oxygen atoms in total. The first-order valence-corrected chi connectivity index (χ1v) is 5.34. The van der Waals surface area contributed by atoms with E-state index in [1.165, 1.54) is 0 Å². The number of rotatable bonds is 7. The predicted octanol–water partition coefficient (Wildman–Crippen LogP) is 0.0219. The van der Waals surface area contributed by atoms with Gasteiger partial charge in [-0.05, 0) is 19.8 Å². The maximum Gasteiger partial charge on any atom is 0.303 e. The van der Waals surface area contributed by atoms with Gasteiger partial charge in [-0.1, -0.05) is 5.21 Å². The first kappa shape index (κ1) is 13.1. The number of nitrogens with one attached hydrogen (secondary N) is 2. The zero-order valence-corrected chi connectivity index (χ0v) is 9.51. The van der Waals surface area contributed by atoms with Crippen LogP contribution >= 0.6 is 0 Å². The van der Waals surface area contributed by atoms with Crippen molar-refractivity contribution >= 4 is 11.9 Å². The monoisotopic (exact) mass is 241 g/mol. The first-order chi connectivity index (χ1) is 8.09. The van der Waals surface area contributed by atoms with Crippen LogP contribution in [0.5, 0.6) is 0 Å². The Morgan fingerprint density at radius 3 is 2.71 bits per heavy atom. The summed E-state index contributed by atoms with van der Waals surface area (Å²) in [6.07, 6.45) is 1.44. The molecule has 1 heterocycles. The number of amides is 1. The van der Waals surface area contributed by atoms with Crippen LogP contribution in [-0.4, -0.2) is 37.6 Å². The fourth-order valence-corrected chi connectivity index (χ4v) is 1.29. The number of nitrogens with zero attached hydrogens (tertiary/aromatic N) is 3. The molecule has 0 bridgehead atoms. The van der Waals surface area contributed by atoms with E-state index < -0.39 is 5.97 Å². The van der Waals surface area contributed by atoms with Gasteiger partial charge in [0.25, 0.3) is 0 Å². The van der Waals surface area contributed by atoms with Crippen LogP contribution in [0.3, 0.4) is 0 Å². The molecule has 0 radical (unpaired) electrons. The van der Waals surface area contributed by atoms with Crippen LogP contribution in [0.15, 0.2) is 0 Å². The van der Waals surface area contributed by atoms with Crippen LogP contribution < -0.4 is 5.32 Å². The molecule has 0 saturated heterocycles. The number of tetrazole rings is 1. The van der Waals surface area contributed by atoms with E-state index in [4.69, 9.17) is 5.11 Å². The molecule has 0 aliphatic heterocycles. The van der Waals surface area contributed by atoms with E-state index in [1.54, 1.807) is 6.92 Å². The second-order valence-electron chi connectivity index (χ2n) is 3.66. The van der Waals surface area contributed by atoms with Crippen LogP contribution in [0, 0.1) is 0 Å². The molecule has 1 amide bonds. The summed E-state index contributed by atoms with van der Waals surface area (Å²) < 4.78 is 0. The number of hydrogen-bond acceptors (Lipinski definition) is 5. The van der Waals surface area contributed by atoms with Gasteiger partial charge in [0.05, 0.1) is 6.04 Å². The fraction of sp³-hybridized carbons (Fsp3) is 0.667. The van der Waals surface area contributed by atoms with Gasteiger partial charge in [-0.25, -0.2) is 0 Å². The Hall–Kier alpha value is -1.99. The molecular formula is C9H15N5O3. The molecule has 0 saturated carbocycles. The van der Waals surface area contributed by atoms with Gasteiger partial charge in [0.15, 0.2) is 5.82 Å². The summed E-state index contributed by atoms with van der Waals surface area (Å²) >= 11 is 0. The summed E-state index contributed by atoms with van der Waals surface area (Å²) in [5, 5.41) is 24.3. The Morgan fingerprint density at radius 1 is 1.41 bits per heavy atom. The van der Waals surface area contributed by atoms with Crippen molar-refractivity contribution < 1.29 is 14.7 Å². The Labute approximate surface area is 97.8 Å². The Morgan fingerprint density at radius 2 is 2.12 bits per heavy atom. The highest BCUT2D eigenvalue weighted by molar-refractivity contribution is 5.76. The molecule has 1 aromatic heterocycles. The normalized spacial score (nSPS) is 12.1. The summed E-state index contributed by atoms with van der Waals surface area (Å²) in [6.45, 7) is 1.75. The third-order valence-electron chi connectivity index (χ3n) is 2.17. The zero-order chi connectivity index (χ0) is 12.7. The molecule has 1 rings (SSSR count). The lowest BCUT2D eigenvalue weighted by atomic mass is 10.2. The Kier molecular flexibility index (Phi) is 5.05. The van der Waals surface area contributed by atoms with Crippen LogP contribution in [0.2, 0.25) is 0 Å². The van der Waals surface area contributed by atoms with Gasteiger partial charge < -0.3 is 10.4 Å². The van der Waals surface area contributed by atoms with E-state index >= 15 is 0 Å². The lowest BCUT2D eigenvalue weighted by Gasteiger charge is -2.09. The van der Waals surface area contributed by atoms with Gasteiger partial charge in [-0.2, -0.15) is 5.21 Å². The standard InChI is InChI=1S/C9H15N5O3/c1-6(9-11-13-14-12-9)10-7(15)4-2-3-5-8(16)17/h6H,2-5H2,1H3,(H,10,15)(H,16,17)(H,11,12,13,14). The Bertz CT molecular complexity index is 365. The van der Waals surface area contributed by atoms with Crippen molar-refractivity contribution in [1.29, 1.82) is 0 Å². The number of aromatic nitrogens is 4. The second kappa shape index (κ2) is 6.56. The minimum absolute atomic E-state index is 0.0909. The lowest BCUT2D eigenvalue weighted by Crippen LogP contribution is -2.27. The molecule has 0 aliphatic rings. The topological polar surface area (TPSA) is 121 Å². The molecule has 8 heteroatoms. The molecule has 1 unspecified atom stereocenters. The summed E-state index contributed by atoms with van der Waals surface area (Å²) in [7, 11) is 0. The predicted molar refractivity (Wildman–Crippen MR) is 56.8 cm³/mol. The van der Waals surface area contributed by atoms with E-state index in [0.717, 1.165) is 0 Å². The smallest absolute Gasteiger partial charge is 0.303 e. The average molecular weight is 241 g/mol.